The summed E-state index contributed by atoms with van der Waals surface area (Å²) in [5, 5.41) is 8.44. The first-order valence-electron chi connectivity index (χ1n) is 8.32. The van der Waals surface area contributed by atoms with E-state index in [9.17, 15) is 0 Å². The zero-order valence-electron chi connectivity index (χ0n) is 13.6. The molecule has 1 aromatic heterocycles. The Morgan fingerprint density at radius 3 is 2.83 bits per heavy atom. The molecule has 1 N–H and O–H groups in total. The molecule has 1 fully saturated rings. The number of rotatable bonds is 6. The van der Waals surface area contributed by atoms with E-state index in [2.05, 4.69) is 33.3 Å². The third-order valence-corrected chi connectivity index (χ3v) is 4.73. The molecule has 1 aromatic carbocycles. The molecule has 3 rings (SSSR count). The van der Waals surface area contributed by atoms with Gasteiger partial charge in [-0.25, -0.2) is 9.67 Å². The summed E-state index contributed by atoms with van der Waals surface area (Å²) in [4.78, 5) is 6.56. The van der Waals surface area contributed by atoms with Crippen molar-refractivity contribution in [3.05, 3.63) is 41.4 Å². The summed E-state index contributed by atoms with van der Waals surface area (Å²) in [6.07, 6.45) is 5.80. The van der Waals surface area contributed by atoms with Crippen molar-refractivity contribution in [2.45, 2.75) is 26.3 Å². The van der Waals surface area contributed by atoms with Crippen molar-refractivity contribution in [1.82, 2.24) is 25.0 Å². The lowest BCUT2D eigenvalue weighted by molar-refractivity contribution is 0.176. The third-order valence-electron chi connectivity index (χ3n) is 4.50. The maximum atomic E-state index is 6.16. The minimum atomic E-state index is 0.726. The fourth-order valence-corrected chi connectivity index (χ4v) is 3.32. The highest BCUT2D eigenvalue weighted by Crippen LogP contribution is 2.23. The lowest BCUT2D eigenvalue weighted by atomic mass is 9.96. The monoisotopic (exact) mass is 333 g/mol. The molecular weight excluding hydrogens is 310 g/mol. The Hall–Kier alpha value is -1.43. The van der Waals surface area contributed by atoms with Gasteiger partial charge in [-0.3, -0.25) is 4.90 Å². The van der Waals surface area contributed by atoms with Gasteiger partial charge in [0.05, 0.1) is 5.69 Å². The average Bonchev–Trinajstić information content (AvgIpc) is 3.10. The first-order valence-corrected chi connectivity index (χ1v) is 8.70. The van der Waals surface area contributed by atoms with Crippen LogP contribution in [-0.4, -0.2) is 45.8 Å². The van der Waals surface area contributed by atoms with Crippen LogP contribution in [0.2, 0.25) is 5.02 Å². The van der Waals surface area contributed by atoms with Gasteiger partial charge in [-0.1, -0.05) is 24.6 Å². The summed E-state index contributed by atoms with van der Waals surface area (Å²) < 4.78 is 1.79. The van der Waals surface area contributed by atoms with Crippen molar-refractivity contribution in [2.75, 3.05) is 26.2 Å². The van der Waals surface area contributed by atoms with Crippen LogP contribution in [0.3, 0.4) is 0 Å². The van der Waals surface area contributed by atoms with Crippen molar-refractivity contribution < 1.29 is 0 Å². The Bertz CT molecular complexity index is 605. The van der Waals surface area contributed by atoms with Crippen molar-refractivity contribution in [2.24, 2.45) is 5.92 Å². The second-order valence-electron chi connectivity index (χ2n) is 6.14. The number of halogens is 1. The van der Waals surface area contributed by atoms with Crippen molar-refractivity contribution in [3.8, 4) is 5.69 Å². The Morgan fingerprint density at radius 1 is 1.30 bits per heavy atom. The van der Waals surface area contributed by atoms with Gasteiger partial charge in [-0.2, -0.15) is 5.10 Å². The molecule has 5 nitrogen and oxygen atoms in total. The minimum Gasteiger partial charge on any atom is -0.317 e. The van der Waals surface area contributed by atoms with Crippen LogP contribution in [0.25, 0.3) is 5.69 Å². The summed E-state index contributed by atoms with van der Waals surface area (Å²) in [6, 6.07) is 6.02. The van der Waals surface area contributed by atoms with E-state index in [0.29, 0.717) is 0 Å². The molecule has 0 amide bonds. The predicted molar refractivity (Wildman–Crippen MR) is 92.9 cm³/mol. The van der Waals surface area contributed by atoms with Crippen LogP contribution in [0.4, 0.5) is 0 Å². The van der Waals surface area contributed by atoms with Gasteiger partial charge in [0.15, 0.2) is 0 Å². The van der Waals surface area contributed by atoms with Crippen LogP contribution in [0.1, 0.15) is 25.3 Å². The molecule has 0 spiro atoms. The van der Waals surface area contributed by atoms with E-state index in [0.717, 1.165) is 49.4 Å². The molecule has 2 heterocycles. The van der Waals surface area contributed by atoms with E-state index in [1.165, 1.54) is 18.4 Å². The van der Waals surface area contributed by atoms with Crippen molar-refractivity contribution in [1.29, 1.82) is 0 Å². The number of hydrogen-bond donors (Lipinski definition) is 1. The van der Waals surface area contributed by atoms with Crippen LogP contribution >= 0.6 is 11.6 Å². The molecule has 1 aliphatic heterocycles. The first-order chi connectivity index (χ1) is 11.3. The highest BCUT2D eigenvalue weighted by Gasteiger charge is 2.20. The maximum Gasteiger partial charge on any atom is 0.138 e. The first kappa shape index (κ1) is 16.4. The summed E-state index contributed by atoms with van der Waals surface area (Å²) in [5.74, 6) is 0.811. The number of hydrogen-bond acceptors (Lipinski definition) is 4. The standard InChI is InChI=1S/C17H24ClN5/c1-2-19-10-14-5-7-22(8-6-14)11-15-3-4-16(18)9-17(15)23-13-20-12-21-23/h3-4,9,12-14,19H,2,5-8,10-11H2,1H3. The van der Waals surface area contributed by atoms with Gasteiger partial charge in [0.2, 0.25) is 0 Å². The van der Waals surface area contributed by atoms with Crippen LogP contribution in [0, 0.1) is 5.92 Å². The SMILES string of the molecule is CCNCC1CCN(Cc2ccc(Cl)cc2-n2cncn2)CC1. The van der Waals surface area contributed by atoms with E-state index in [-0.39, 0.29) is 0 Å². The molecule has 0 aliphatic carbocycles. The third kappa shape index (κ3) is 4.31. The number of likely N-dealkylation sites (tertiary alicyclic amines) is 1. The van der Waals surface area contributed by atoms with Crippen molar-refractivity contribution in [3.63, 3.8) is 0 Å². The number of benzene rings is 1. The van der Waals surface area contributed by atoms with Crippen LogP contribution in [0.5, 0.6) is 0 Å². The van der Waals surface area contributed by atoms with E-state index < -0.39 is 0 Å². The molecule has 1 aliphatic rings. The lowest BCUT2D eigenvalue weighted by Gasteiger charge is -2.32. The molecule has 23 heavy (non-hydrogen) atoms. The minimum absolute atomic E-state index is 0.726. The highest BCUT2D eigenvalue weighted by molar-refractivity contribution is 6.30. The molecule has 0 bridgehead atoms. The molecule has 0 radical (unpaired) electrons. The van der Waals surface area contributed by atoms with Gasteiger partial charge in [0, 0.05) is 11.6 Å². The van der Waals surface area contributed by atoms with Gasteiger partial charge in [-0.15, -0.1) is 0 Å². The number of aromatic nitrogens is 3. The molecule has 2 aromatic rings. The smallest absolute Gasteiger partial charge is 0.138 e. The topological polar surface area (TPSA) is 46.0 Å². The molecule has 0 unspecified atom stereocenters. The van der Waals surface area contributed by atoms with Gasteiger partial charge >= 0.3 is 0 Å². The average molecular weight is 334 g/mol. The zero-order valence-corrected chi connectivity index (χ0v) is 14.3. The highest BCUT2D eigenvalue weighted by atomic mass is 35.5. The van der Waals surface area contributed by atoms with Crippen molar-refractivity contribution >= 4 is 11.6 Å². The largest absolute Gasteiger partial charge is 0.317 e. The summed E-state index contributed by atoms with van der Waals surface area (Å²) in [6.45, 7) is 7.61. The van der Waals surface area contributed by atoms with E-state index >= 15 is 0 Å². The van der Waals surface area contributed by atoms with E-state index in [4.69, 9.17) is 11.6 Å². The molecule has 0 saturated carbocycles. The Balaban J connectivity index is 1.65. The summed E-state index contributed by atoms with van der Waals surface area (Å²) >= 11 is 6.16. The molecular formula is C17H24ClN5. The summed E-state index contributed by atoms with van der Waals surface area (Å²) in [5.41, 5.74) is 2.26. The molecule has 6 heteroatoms. The van der Waals surface area contributed by atoms with Gasteiger partial charge in [-0.05, 0) is 62.6 Å². The molecule has 0 atom stereocenters. The van der Waals surface area contributed by atoms with E-state index in [1.807, 2.05) is 12.1 Å². The second kappa shape index (κ2) is 7.90. The lowest BCUT2D eigenvalue weighted by Crippen LogP contribution is -2.37. The van der Waals surface area contributed by atoms with E-state index in [1.54, 1.807) is 17.3 Å². The Kier molecular flexibility index (Phi) is 5.65. The van der Waals surface area contributed by atoms with Crippen LogP contribution in [-0.2, 0) is 6.54 Å². The zero-order chi connectivity index (χ0) is 16.1. The van der Waals surface area contributed by atoms with Gasteiger partial charge in [0.1, 0.15) is 12.7 Å². The Labute approximate surface area is 142 Å². The number of nitrogens with one attached hydrogen (secondary N) is 1. The fourth-order valence-electron chi connectivity index (χ4n) is 3.15. The number of nitrogens with zero attached hydrogens (tertiary/aromatic N) is 4. The predicted octanol–water partition coefficient (Wildman–Crippen LogP) is 2.74. The molecule has 124 valence electrons. The van der Waals surface area contributed by atoms with Crippen LogP contribution in [0.15, 0.2) is 30.9 Å². The normalized spacial score (nSPS) is 16.8. The quantitative estimate of drug-likeness (QED) is 0.883. The second-order valence-corrected chi connectivity index (χ2v) is 6.58. The Morgan fingerprint density at radius 2 is 2.13 bits per heavy atom. The van der Waals surface area contributed by atoms with Crippen LogP contribution < -0.4 is 5.32 Å². The fraction of sp³-hybridized carbons (Fsp3) is 0.529. The maximum absolute atomic E-state index is 6.16. The molecule has 1 saturated heterocycles. The summed E-state index contributed by atoms with van der Waals surface area (Å²) in [7, 11) is 0. The number of piperidine rings is 1. The van der Waals surface area contributed by atoms with Gasteiger partial charge in [0.25, 0.3) is 0 Å². The van der Waals surface area contributed by atoms with Gasteiger partial charge < -0.3 is 5.32 Å².